The second kappa shape index (κ2) is 5.79. The molecule has 0 saturated carbocycles. The number of amides is 1. The van der Waals surface area contributed by atoms with Crippen LogP contribution in [0, 0.1) is 0 Å². The first-order valence-corrected chi connectivity index (χ1v) is 7.07. The van der Waals surface area contributed by atoms with Crippen LogP contribution >= 0.6 is 27.5 Å². The molecule has 1 aliphatic heterocycles. The van der Waals surface area contributed by atoms with Gasteiger partial charge in [0.1, 0.15) is 5.69 Å². The van der Waals surface area contributed by atoms with Crippen molar-refractivity contribution < 1.29 is 14.3 Å². The van der Waals surface area contributed by atoms with Crippen molar-refractivity contribution in [2.24, 2.45) is 5.10 Å². The van der Waals surface area contributed by atoms with Gasteiger partial charge in [-0.05, 0) is 39.7 Å². The normalized spacial score (nSPS) is 12.9. The summed E-state index contributed by atoms with van der Waals surface area (Å²) in [4.78, 5) is 14.6. The Labute approximate surface area is 133 Å². The predicted molar refractivity (Wildman–Crippen MR) is 81.1 cm³/mol. The number of hydrazone groups is 1. The van der Waals surface area contributed by atoms with Gasteiger partial charge in [-0.25, -0.2) is 5.43 Å². The standard InChI is InChI=1S/C13H9BrClN3O3/c14-8-3-10(16-5-8)13(19)18-17-4-7-1-9(15)12-11(2-7)20-6-21-12/h1-5,16H,6H2,(H,18,19)/b17-4-. The highest BCUT2D eigenvalue weighted by Crippen LogP contribution is 2.39. The number of ether oxygens (including phenoxy) is 2. The van der Waals surface area contributed by atoms with E-state index in [0.717, 1.165) is 4.47 Å². The van der Waals surface area contributed by atoms with Gasteiger partial charge in [-0.1, -0.05) is 11.6 Å². The number of nitrogens with zero attached hydrogens (tertiary/aromatic N) is 1. The molecule has 0 bridgehead atoms. The Morgan fingerprint density at radius 1 is 1.43 bits per heavy atom. The van der Waals surface area contributed by atoms with Gasteiger partial charge in [-0.3, -0.25) is 4.79 Å². The topological polar surface area (TPSA) is 75.7 Å². The Bertz CT molecular complexity index is 729. The Morgan fingerprint density at radius 2 is 2.29 bits per heavy atom. The van der Waals surface area contributed by atoms with Crippen molar-refractivity contribution in [1.29, 1.82) is 0 Å². The molecule has 8 heteroatoms. The molecule has 0 atom stereocenters. The number of carbonyl (C=O) groups is 1. The summed E-state index contributed by atoms with van der Waals surface area (Å²) in [5.74, 6) is 0.737. The summed E-state index contributed by atoms with van der Waals surface area (Å²) in [7, 11) is 0. The largest absolute Gasteiger partial charge is 0.454 e. The summed E-state index contributed by atoms with van der Waals surface area (Å²) >= 11 is 9.30. The van der Waals surface area contributed by atoms with Crippen molar-refractivity contribution in [3.8, 4) is 11.5 Å². The van der Waals surface area contributed by atoms with Crippen molar-refractivity contribution >= 4 is 39.7 Å². The Hall–Kier alpha value is -1.99. The van der Waals surface area contributed by atoms with Gasteiger partial charge in [-0.15, -0.1) is 0 Å². The fraction of sp³-hybridized carbons (Fsp3) is 0.0769. The minimum absolute atomic E-state index is 0.147. The smallest absolute Gasteiger partial charge is 0.287 e. The number of rotatable bonds is 3. The molecular formula is C13H9BrClN3O3. The predicted octanol–water partition coefficient (Wildman–Crippen LogP) is 2.92. The van der Waals surface area contributed by atoms with E-state index in [1.807, 2.05) is 0 Å². The molecule has 1 amide bonds. The van der Waals surface area contributed by atoms with Gasteiger partial charge < -0.3 is 14.5 Å². The molecule has 0 aliphatic carbocycles. The number of fused-ring (bicyclic) bond motifs is 1. The van der Waals surface area contributed by atoms with E-state index in [1.165, 1.54) is 6.21 Å². The fourth-order valence-corrected chi connectivity index (χ4v) is 2.40. The van der Waals surface area contributed by atoms with Crippen LogP contribution in [0.5, 0.6) is 11.5 Å². The second-order valence-corrected chi connectivity index (χ2v) is 5.49. The highest BCUT2D eigenvalue weighted by Gasteiger charge is 2.17. The molecule has 21 heavy (non-hydrogen) atoms. The van der Waals surface area contributed by atoms with Crippen LogP contribution in [0.15, 0.2) is 34.0 Å². The van der Waals surface area contributed by atoms with Gasteiger partial charge in [0.05, 0.1) is 11.2 Å². The number of hydrogen-bond donors (Lipinski definition) is 2. The fourth-order valence-electron chi connectivity index (χ4n) is 1.79. The quantitative estimate of drug-likeness (QED) is 0.644. The van der Waals surface area contributed by atoms with Gasteiger partial charge in [-0.2, -0.15) is 5.10 Å². The third-order valence-electron chi connectivity index (χ3n) is 2.72. The number of aromatic amines is 1. The van der Waals surface area contributed by atoms with Crippen molar-refractivity contribution in [2.75, 3.05) is 6.79 Å². The lowest BCUT2D eigenvalue weighted by molar-refractivity contribution is 0.0951. The lowest BCUT2D eigenvalue weighted by atomic mass is 10.2. The van der Waals surface area contributed by atoms with Crippen LogP contribution in [0.4, 0.5) is 0 Å². The van der Waals surface area contributed by atoms with Crippen molar-refractivity contribution in [2.45, 2.75) is 0 Å². The van der Waals surface area contributed by atoms with Gasteiger partial charge in [0, 0.05) is 10.7 Å². The lowest BCUT2D eigenvalue weighted by Gasteiger charge is -2.01. The van der Waals surface area contributed by atoms with Crippen molar-refractivity contribution in [3.63, 3.8) is 0 Å². The molecule has 108 valence electrons. The van der Waals surface area contributed by atoms with E-state index in [9.17, 15) is 4.79 Å². The first kappa shape index (κ1) is 14.0. The minimum atomic E-state index is -0.344. The molecule has 1 aliphatic rings. The summed E-state index contributed by atoms with van der Waals surface area (Å²) in [5, 5.41) is 4.32. The number of H-pyrrole nitrogens is 1. The van der Waals surface area contributed by atoms with Crippen LogP contribution in [-0.2, 0) is 0 Å². The zero-order valence-electron chi connectivity index (χ0n) is 10.5. The molecule has 2 N–H and O–H groups in total. The molecule has 2 heterocycles. The molecule has 0 radical (unpaired) electrons. The molecule has 0 fully saturated rings. The second-order valence-electron chi connectivity index (χ2n) is 4.17. The molecule has 6 nitrogen and oxygen atoms in total. The SMILES string of the molecule is O=C(N/N=C\c1cc(Cl)c2c(c1)OCO2)c1cc(Br)c[nH]1. The minimum Gasteiger partial charge on any atom is -0.454 e. The number of benzene rings is 1. The summed E-state index contributed by atoms with van der Waals surface area (Å²) in [6.45, 7) is 0.147. The van der Waals surface area contributed by atoms with Crippen LogP contribution in [0.1, 0.15) is 16.1 Å². The average Bonchev–Trinajstić information content (AvgIpc) is 3.07. The number of nitrogens with one attached hydrogen (secondary N) is 2. The summed E-state index contributed by atoms with van der Waals surface area (Å²) in [6, 6.07) is 5.06. The first-order valence-electron chi connectivity index (χ1n) is 5.90. The van der Waals surface area contributed by atoms with Crippen LogP contribution in [0.25, 0.3) is 0 Å². The first-order chi connectivity index (χ1) is 10.1. The molecule has 0 spiro atoms. The molecule has 2 aromatic rings. The maximum absolute atomic E-state index is 11.8. The molecule has 3 rings (SSSR count). The average molecular weight is 371 g/mol. The van der Waals surface area contributed by atoms with Gasteiger partial charge in [0.15, 0.2) is 11.5 Å². The Kier molecular flexibility index (Phi) is 3.85. The summed E-state index contributed by atoms with van der Waals surface area (Å²) in [6.07, 6.45) is 3.14. The Balaban J connectivity index is 1.69. The number of halogens is 2. The molecular weight excluding hydrogens is 362 g/mol. The van der Waals surface area contributed by atoms with E-state index in [1.54, 1.807) is 24.4 Å². The number of carbonyl (C=O) groups excluding carboxylic acids is 1. The van der Waals surface area contributed by atoms with Crippen LogP contribution in [0.2, 0.25) is 5.02 Å². The zero-order valence-corrected chi connectivity index (χ0v) is 12.9. The summed E-state index contributed by atoms with van der Waals surface area (Å²) in [5.41, 5.74) is 3.51. The van der Waals surface area contributed by atoms with E-state index >= 15 is 0 Å². The van der Waals surface area contributed by atoms with Crippen LogP contribution < -0.4 is 14.9 Å². The van der Waals surface area contributed by atoms with E-state index in [0.29, 0.717) is 27.8 Å². The zero-order chi connectivity index (χ0) is 14.8. The number of hydrogen-bond acceptors (Lipinski definition) is 4. The van der Waals surface area contributed by atoms with Crippen LogP contribution in [0.3, 0.4) is 0 Å². The van der Waals surface area contributed by atoms with E-state index in [4.69, 9.17) is 21.1 Å². The van der Waals surface area contributed by atoms with Crippen molar-refractivity contribution in [3.05, 3.63) is 45.1 Å². The lowest BCUT2D eigenvalue weighted by Crippen LogP contribution is -2.17. The molecule has 0 unspecified atom stereocenters. The maximum atomic E-state index is 11.8. The highest BCUT2D eigenvalue weighted by atomic mass is 79.9. The molecule has 1 aromatic heterocycles. The summed E-state index contributed by atoms with van der Waals surface area (Å²) < 4.78 is 11.3. The van der Waals surface area contributed by atoms with Crippen LogP contribution in [-0.4, -0.2) is 23.9 Å². The highest BCUT2D eigenvalue weighted by molar-refractivity contribution is 9.10. The maximum Gasteiger partial charge on any atom is 0.287 e. The van der Waals surface area contributed by atoms with Gasteiger partial charge >= 0.3 is 0 Å². The molecule has 0 saturated heterocycles. The van der Waals surface area contributed by atoms with Crippen molar-refractivity contribution in [1.82, 2.24) is 10.4 Å². The third-order valence-corrected chi connectivity index (χ3v) is 3.46. The number of aromatic nitrogens is 1. The Morgan fingerprint density at radius 3 is 3.05 bits per heavy atom. The van der Waals surface area contributed by atoms with E-state index in [-0.39, 0.29) is 12.7 Å². The van der Waals surface area contributed by atoms with E-state index in [2.05, 4.69) is 31.4 Å². The van der Waals surface area contributed by atoms with E-state index < -0.39 is 0 Å². The third kappa shape index (κ3) is 3.03. The van der Waals surface area contributed by atoms with Gasteiger partial charge in [0.2, 0.25) is 6.79 Å². The monoisotopic (exact) mass is 369 g/mol. The molecule has 1 aromatic carbocycles. The van der Waals surface area contributed by atoms with Gasteiger partial charge in [0.25, 0.3) is 5.91 Å².